The molecule has 0 spiro atoms. The summed E-state index contributed by atoms with van der Waals surface area (Å²) in [6.45, 7) is 6.07. The lowest BCUT2D eigenvalue weighted by molar-refractivity contribution is 0.561. The molecule has 0 unspecified atom stereocenters. The van der Waals surface area contributed by atoms with Gasteiger partial charge in [-0.15, -0.1) is 0 Å². The van der Waals surface area contributed by atoms with Crippen molar-refractivity contribution in [1.29, 1.82) is 0 Å². The summed E-state index contributed by atoms with van der Waals surface area (Å²) in [7, 11) is 0. The Balaban J connectivity index is 2.50. The second kappa shape index (κ2) is 4.11. The summed E-state index contributed by atoms with van der Waals surface area (Å²) in [5.74, 6) is 1.66. The van der Waals surface area contributed by atoms with Crippen LogP contribution in [-0.4, -0.2) is 6.08 Å². The smallest absolute Gasteiger partial charge is 0.235 e. The summed E-state index contributed by atoms with van der Waals surface area (Å²) in [5, 5.41) is 1.96. The lowest BCUT2D eigenvalue weighted by atomic mass is 10.0. The van der Waals surface area contributed by atoms with E-state index in [9.17, 15) is 4.79 Å². The maximum Gasteiger partial charge on any atom is 0.235 e. The number of isocyanates is 1. The van der Waals surface area contributed by atoms with E-state index in [2.05, 4.69) is 4.99 Å². The largest absolute Gasteiger partial charge is 0.461 e. The fourth-order valence-electron chi connectivity index (χ4n) is 2.55. The Kier molecular flexibility index (Phi) is 2.54. The van der Waals surface area contributed by atoms with Gasteiger partial charge in [0.25, 0.3) is 0 Å². The van der Waals surface area contributed by atoms with Gasteiger partial charge in [-0.2, -0.15) is 0 Å². The van der Waals surface area contributed by atoms with Crippen molar-refractivity contribution >= 4 is 28.0 Å². The summed E-state index contributed by atoms with van der Waals surface area (Å²) >= 11 is 0. The Morgan fingerprint density at radius 3 is 2.37 bits per heavy atom. The molecule has 0 saturated heterocycles. The molecular formula is C15H13NO3. The molecule has 0 amide bonds. The molecule has 0 fully saturated rings. The maximum atomic E-state index is 10.4. The molecule has 0 bridgehead atoms. The number of aliphatic imine (C=N–C) groups is 1. The summed E-state index contributed by atoms with van der Waals surface area (Å²) in [5.41, 5.74) is 3.54. The van der Waals surface area contributed by atoms with Gasteiger partial charge in [-0.05, 0) is 32.9 Å². The first kappa shape index (κ1) is 11.8. The fraction of sp³-hybridized carbons (Fsp3) is 0.267. The van der Waals surface area contributed by atoms with Gasteiger partial charge in [-0.25, -0.2) is 9.79 Å². The van der Waals surface area contributed by atoms with Gasteiger partial charge >= 0.3 is 0 Å². The molecule has 0 aliphatic rings. The van der Waals surface area contributed by atoms with Crippen LogP contribution in [0.2, 0.25) is 0 Å². The zero-order valence-electron chi connectivity index (χ0n) is 11.0. The van der Waals surface area contributed by atoms with Crippen molar-refractivity contribution in [1.82, 2.24) is 0 Å². The lowest BCUT2D eigenvalue weighted by Gasteiger charge is -2.03. The molecule has 19 heavy (non-hydrogen) atoms. The number of hydrogen-bond acceptors (Lipinski definition) is 4. The highest BCUT2D eigenvalue weighted by atomic mass is 16.3. The zero-order chi connectivity index (χ0) is 13.6. The van der Waals surface area contributed by atoms with Crippen LogP contribution in [0.3, 0.4) is 0 Å². The molecule has 1 aromatic carbocycles. The van der Waals surface area contributed by atoms with E-state index in [0.29, 0.717) is 0 Å². The van der Waals surface area contributed by atoms with Crippen molar-refractivity contribution in [2.45, 2.75) is 27.3 Å². The Morgan fingerprint density at radius 1 is 1.05 bits per heavy atom. The Hall–Kier alpha value is -2.32. The molecule has 96 valence electrons. The number of rotatable bonds is 2. The van der Waals surface area contributed by atoms with Crippen LogP contribution in [0.25, 0.3) is 21.9 Å². The van der Waals surface area contributed by atoms with E-state index in [1.54, 1.807) is 6.08 Å². The third-order valence-electron chi connectivity index (χ3n) is 3.36. The van der Waals surface area contributed by atoms with Gasteiger partial charge in [0.15, 0.2) is 0 Å². The van der Waals surface area contributed by atoms with Gasteiger partial charge in [0.1, 0.15) is 22.7 Å². The van der Waals surface area contributed by atoms with Gasteiger partial charge in [0, 0.05) is 21.9 Å². The van der Waals surface area contributed by atoms with Crippen molar-refractivity contribution in [3.05, 3.63) is 34.8 Å². The maximum absolute atomic E-state index is 10.4. The van der Waals surface area contributed by atoms with Gasteiger partial charge in [-0.3, -0.25) is 0 Å². The monoisotopic (exact) mass is 255 g/mol. The standard InChI is InChI=1S/C15H13NO3/c1-8-4-11-10(3)14-12(5-9(2)18-14)13(6-16-7-17)15(11)19-8/h4-5H,6H2,1-3H3. The number of hydrogen-bond donors (Lipinski definition) is 0. The Morgan fingerprint density at radius 2 is 1.68 bits per heavy atom. The first-order valence-corrected chi connectivity index (χ1v) is 6.07. The number of furan rings is 2. The van der Waals surface area contributed by atoms with Crippen LogP contribution in [0.4, 0.5) is 0 Å². The Bertz CT molecular complexity index is 774. The third kappa shape index (κ3) is 1.69. The van der Waals surface area contributed by atoms with Crippen molar-refractivity contribution in [2.75, 3.05) is 0 Å². The predicted octanol–water partition coefficient (Wildman–Crippen LogP) is 3.94. The number of carbonyl (C=O) groups excluding carboxylic acids is 1. The van der Waals surface area contributed by atoms with Crippen molar-refractivity contribution < 1.29 is 13.6 Å². The van der Waals surface area contributed by atoms with Crippen LogP contribution in [0.1, 0.15) is 22.6 Å². The van der Waals surface area contributed by atoms with E-state index in [4.69, 9.17) is 8.83 Å². The van der Waals surface area contributed by atoms with E-state index in [1.807, 2.05) is 32.9 Å². The predicted molar refractivity (Wildman–Crippen MR) is 72.0 cm³/mol. The fourth-order valence-corrected chi connectivity index (χ4v) is 2.55. The first-order valence-electron chi connectivity index (χ1n) is 6.07. The Labute approximate surface area is 109 Å². The molecule has 0 N–H and O–H groups in total. The minimum Gasteiger partial charge on any atom is -0.461 e. The van der Waals surface area contributed by atoms with Crippen molar-refractivity contribution in [3.63, 3.8) is 0 Å². The molecule has 2 aromatic heterocycles. The average molecular weight is 255 g/mol. The van der Waals surface area contributed by atoms with Crippen LogP contribution in [-0.2, 0) is 11.3 Å². The molecular weight excluding hydrogens is 242 g/mol. The van der Waals surface area contributed by atoms with E-state index in [1.165, 1.54) is 0 Å². The van der Waals surface area contributed by atoms with Crippen molar-refractivity contribution in [2.24, 2.45) is 4.99 Å². The second-order valence-corrected chi connectivity index (χ2v) is 4.71. The van der Waals surface area contributed by atoms with Crippen LogP contribution in [0.5, 0.6) is 0 Å². The molecule has 0 aliphatic carbocycles. The van der Waals surface area contributed by atoms with Gasteiger partial charge < -0.3 is 8.83 Å². The molecule has 4 nitrogen and oxygen atoms in total. The van der Waals surface area contributed by atoms with Gasteiger partial charge in [-0.1, -0.05) is 0 Å². The minimum atomic E-state index is 0.253. The first-order chi connectivity index (χ1) is 9.11. The highest BCUT2D eigenvalue weighted by molar-refractivity contribution is 6.01. The summed E-state index contributed by atoms with van der Waals surface area (Å²) in [4.78, 5) is 14.1. The molecule has 4 heteroatoms. The SMILES string of the molecule is Cc1cc2c(CN=C=O)c3oc(C)cc3c(C)c2o1. The van der Waals surface area contributed by atoms with E-state index in [0.717, 1.165) is 44.6 Å². The van der Waals surface area contributed by atoms with Crippen LogP contribution in [0.15, 0.2) is 26.0 Å². The summed E-state index contributed by atoms with van der Waals surface area (Å²) < 4.78 is 11.5. The molecule has 0 radical (unpaired) electrons. The van der Waals surface area contributed by atoms with Crippen LogP contribution in [0, 0.1) is 20.8 Å². The molecule has 0 atom stereocenters. The minimum absolute atomic E-state index is 0.253. The highest BCUT2D eigenvalue weighted by Crippen LogP contribution is 2.36. The molecule has 2 heterocycles. The number of benzene rings is 1. The molecule has 3 rings (SSSR count). The highest BCUT2D eigenvalue weighted by Gasteiger charge is 2.18. The van der Waals surface area contributed by atoms with E-state index < -0.39 is 0 Å². The van der Waals surface area contributed by atoms with Crippen molar-refractivity contribution in [3.8, 4) is 0 Å². The summed E-state index contributed by atoms with van der Waals surface area (Å²) in [6, 6.07) is 3.94. The number of nitrogens with zero attached hydrogens (tertiary/aromatic N) is 1. The van der Waals surface area contributed by atoms with E-state index in [-0.39, 0.29) is 6.54 Å². The van der Waals surface area contributed by atoms with Gasteiger partial charge in [0.05, 0.1) is 6.54 Å². The topological polar surface area (TPSA) is 55.7 Å². The molecule has 0 aliphatic heterocycles. The average Bonchev–Trinajstić information content (AvgIpc) is 2.93. The zero-order valence-corrected chi connectivity index (χ0v) is 11.0. The number of fused-ring (bicyclic) bond motifs is 2. The third-order valence-corrected chi connectivity index (χ3v) is 3.36. The van der Waals surface area contributed by atoms with Crippen LogP contribution < -0.4 is 0 Å². The lowest BCUT2D eigenvalue weighted by Crippen LogP contribution is -1.87. The van der Waals surface area contributed by atoms with E-state index >= 15 is 0 Å². The van der Waals surface area contributed by atoms with Gasteiger partial charge in [0.2, 0.25) is 6.08 Å². The quantitative estimate of drug-likeness (QED) is 0.514. The summed E-state index contributed by atoms with van der Waals surface area (Å²) in [6.07, 6.45) is 1.58. The molecule has 0 saturated carbocycles. The van der Waals surface area contributed by atoms with Crippen LogP contribution >= 0.6 is 0 Å². The molecule has 3 aromatic rings. The normalized spacial score (nSPS) is 11.1. The number of aryl methyl sites for hydroxylation is 3. The second-order valence-electron chi connectivity index (χ2n) is 4.71.